The van der Waals surface area contributed by atoms with Crippen LogP contribution in [0.2, 0.25) is 0 Å². The predicted molar refractivity (Wildman–Crippen MR) is 83.3 cm³/mol. The second-order valence-electron chi connectivity index (χ2n) is 5.15. The zero-order valence-electron chi connectivity index (χ0n) is 12.5. The summed E-state index contributed by atoms with van der Waals surface area (Å²) in [5, 5.41) is 5.63. The first kappa shape index (κ1) is 16.6. The molecule has 1 unspecified atom stereocenters. The highest BCUT2D eigenvalue weighted by Gasteiger charge is 2.22. The number of ether oxygens (including phenoxy) is 1. The number of carbonyl (C=O) groups excluding carboxylic acids is 1. The van der Waals surface area contributed by atoms with Gasteiger partial charge in [0.15, 0.2) is 0 Å². The van der Waals surface area contributed by atoms with E-state index in [2.05, 4.69) is 15.4 Å². The summed E-state index contributed by atoms with van der Waals surface area (Å²) in [6.07, 6.45) is 2.36. The van der Waals surface area contributed by atoms with Gasteiger partial charge in [0.1, 0.15) is 5.75 Å². The quantitative estimate of drug-likeness (QED) is 0.672. The van der Waals surface area contributed by atoms with Crippen LogP contribution >= 0.6 is 0 Å². The first-order valence-electron chi connectivity index (χ1n) is 7.16. The van der Waals surface area contributed by atoms with Crippen LogP contribution in [-0.2, 0) is 10.0 Å². The van der Waals surface area contributed by atoms with Crippen LogP contribution in [0.15, 0.2) is 24.3 Å². The fourth-order valence-electron chi connectivity index (χ4n) is 2.25. The lowest BCUT2D eigenvalue weighted by atomic mass is 10.0. The van der Waals surface area contributed by atoms with Crippen molar-refractivity contribution in [2.24, 2.45) is 0 Å². The normalized spacial score (nSPS) is 17.2. The topological polar surface area (TPSA) is 96.5 Å². The van der Waals surface area contributed by atoms with E-state index < -0.39 is 10.0 Å². The second kappa shape index (κ2) is 7.46. The first-order valence-corrected chi connectivity index (χ1v) is 9.05. The zero-order chi connectivity index (χ0) is 16.0. The van der Waals surface area contributed by atoms with Crippen LogP contribution in [0.1, 0.15) is 24.4 Å². The molecule has 8 heteroatoms. The fraction of sp³-hybridized carbons (Fsp3) is 0.500. The van der Waals surface area contributed by atoms with E-state index in [1.54, 1.807) is 0 Å². The Morgan fingerprint density at radius 2 is 2.09 bits per heavy atom. The Hall–Kier alpha value is -1.80. The molecule has 1 aromatic carbocycles. The average molecular weight is 327 g/mol. The third-order valence-corrected chi connectivity index (χ3v) is 4.00. The fourth-order valence-corrected chi connectivity index (χ4v) is 2.76. The molecule has 0 bridgehead atoms. The maximum atomic E-state index is 11.9. The molecule has 1 aliphatic heterocycles. The second-order valence-corrected chi connectivity index (χ2v) is 6.98. The molecule has 0 saturated carbocycles. The van der Waals surface area contributed by atoms with Gasteiger partial charge in [0, 0.05) is 25.1 Å². The van der Waals surface area contributed by atoms with Crippen LogP contribution in [0.4, 0.5) is 4.79 Å². The summed E-state index contributed by atoms with van der Waals surface area (Å²) in [4.78, 5) is 11.9. The molecule has 0 aromatic heterocycles. The number of sulfonamides is 1. The van der Waals surface area contributed by atoms with Crippen LogP contribution in [0.5, 0.6) is 5.75 Å². The van der Waals surface area contributed by atoms with Crippen LogP contribution in [0.3, 0.4) is 0 Å². The molecule has 0 radical (unpaired) electrons. The van der Waals surface area contributed by atoms with Crippen LogP contribution < -0.4 is 20.1 Å². The molecule has 1 atom stereocenters. The Morgan fingerprint density at radius 1 is 1.32 bits per heavy atom. The van der Waals surface area contributed by atoms with Crippen molar-refractivity contribution in [3.63, 3.8) is 0 Å². The molecule has 0 spiro atoms. The Morgan fingerprint density at radius 3 is 2.86 bits per heavy atom. The molecule has 122 valence electrons. The standard InChI is InChI=1S/C14H21N3O4S/c1-22(19,20)16-9-4-8-15-14(18)17-12-7-10-21-13-6-3-2-5-11(12)13/h2-3,5-6,12,16H,4,7-10H2,1H3,(H2,15,17,18). The minimum absolute atomic E-state index is 0.0703. The van der Waals surface area contributed by atoms with Gasteiger partial charge in [-0.3, -0.25) is 0 Å². The largest absolute Gasteiger partial charge is 0.493 e. The van der Waals surface area contributed by atoms with Crippen molar-refractivity contribution in [3.05, 3.63) is 29.8 Å². The monoisotopic (exact) mass is 327 g/mol. The van der Waals surface area contributed by atoms with Crippen LogP contribution in [0.25, 0.3) is 0 Å². The van der Waals surface area contributed by atoms with Crippen molar-refractivity contribution >= 4 is 16.1 Å². The SMILES string of the molecule is CS(=O)(=O)NCCCNC(=O)NC1CCOc2ccccc21. The smallest absolute Gasteiger partial charge is 0.315 e. The van der Waals surface area contributed by atoms with E-state index in [1.165, 1.54) is 0 Å². The van der Waals surface area contributed by atoms with Crippen molar-refractivity contribution in [1.29, 1.82) is 0 Å². The van der Waals surface area contributed by atoms with E-state index in [-0.39, 0.29) is 12.1 Å². The number of benzene rings is 1. The van der Waals surface area contributed by atoms with Crippen LogP contribution in [0, 0.1) is 0 Å². The molecule has 1 aromatic rings. The van der Waals surface area contributed by atoms with E-state index in [0.29, 0.717) is 26.1 Å². The van der Waals surface area contributed by atoms with E-state index in [0.717, 1.165) is 24.0 Å². The van der Waals surface area contributed by atoms with Gasteiger partial charge >= 0.3 is 6.03 Å². The van der Waals surface area contributed by atoms with Gasteiger partial charge in [0.2, 0.25) is 10.0 Å². The van der Waals surface area contributed by atoms with Crippen molar-refractivity contribution < 1.29 is 17.9 Å². The summed E-state index contributed by atoms with van der Waals surface area (Å²) in [6.45, 7) is 1.28. The van der Waals surface area contributed by atoms with Gasteiger partial charge in [0.05, 0.1) is 18.9 Å². The van der Waals surface area contributed by atoms with Gasteiger partial charge in [-0.15, -0.1) is 0 Å². The number of hydrogen-bond acceptors (Lipinski definition) is 4. The highest BCUT2D eigenvalue weighted by molar-refractivity contribution is 7.88. The number of urea groups is 1. The molecule has 0 saturated heterocycles. The van der Waals surface area contributed by atoms with Gasteiger partial charge in [-0.25, -0.2) is 17.9 Å². The molecule has 7 nitrogen and oxygen atoms in total. The third kappa shape index (κ3) is 5.19. The molecular weight excluding hydrogens is 306 g/mol. The minimum atomic E-state index is -3.17. The van der Waals surface area contributed by atoms with Crippen molar-refractivity contribution in [3.8, 4) is 5.75 Å². The maximum Gasteiger partial charge on any atom is 0.315 e. The number of para-hydroxylation sites is 1. The van der Waals surface area contributed by atoms with Gasteiger partial charge in [-0.1, -0.05) is 18.2 Å². The Balaban J connectivity index is 1.74. The maximum absolute atomic E-state index is 11.9. The molecule has 2 rings (SSSR count). The molecule has 2 amide bonds. The zero-order valence-corrected chi connectivity index (χ0v) is 13.3. The molecule has 1 heterocycles. The molecule has 1 aliphatic rings. The van der Waals surface area contributed by atoms with Gasteiger partial charge in [-0.05, 0) is 12.5 Å². The van der Waals surface area contributed by atoms with Gasteiger partial charge in [0.25, 0.3) is 0 Å². The van der Waals surface area contributed by atoms with Gasteiger partial charge < -0.3 is 15.4 Å². The highest BCUT2D eigenvalue weighted by atomic mass is 32.2. The van der Waals surface area contributed by atoms with Crippen molar-refractivity contribution in [2.75, 3.05) is 26.0 Å². The molecule has 0 fully saturated rings. The Kier molecular flexibility index (Phi) is 5.62. The number of amides is 2. The number of rotatable bonds is 6. The predicted octanol–water partition coefficient (Wildman–Crippen LogP) is 0.749. The van der Waals surface area contributed by atoms with Crippen molar-refractivity contribution in [2.45, 2.75) is 18.9 Å². The minimum Gasteiger partial charge on any atom is -0.493 e. The summed E-state index contributed by atoms with van der Waals surface area (Å²) in [5.41, 5.74) is 0.975. The molecule has 3 N–H and O–H groups in total. The average Bonchev–Trinajstić information content (AvgIpc) is 2.46. The first-order chi connectivity index (χ1) is 10.5. The molecule has 22 heavy (non-hydrogen) atoms. The molecular formula is C14H21N3O4S. The summed E-state index contributed by atoms with van der Waals surface area (Å²) >= 11 is 0. The Labute approximate surface area is 130 Å². The third-order valence-electron chi connectivity index (χ3n) is 3.27. The van der Waals surface area contributed by atoms with Crippen molar-refractivity contribution in [1.82, 2.24) is 15.4 Å². The van der Waals surface area contributed by atoms with E-state index >= 15 is 0 Å². The highest BCUT2D eigenvalue weighted by Crippen LogP contribution is 2.31. The lowest BCUT2D eigenvalue weighted by Crippen LogP contribution is -2.40. The lowest BCUT2D eigenvalue weighted by molar-refractivity contribution is 0.223. The summed E-state index contributed by atoms with van der Waals surface area (Å²) in [6, 6.07) is 7.31. The Bertz CT molecular complexity index is 618. The number of hydrogen-bond donors (Lipinski definition) is 3. The van der Waals surface area contributed by atoms with Gasteiger partial charge in [-0.2, -0.15) is 0 Å². The number of carbonyl (C=O) groups is 1. The summed E-state index contributed by atoms with van der Waals surface area (Å²) in [5.74, 6) is 0.802. The van der Waals surface area contributed by atoms with E-state index in [1.807, 2.05) is 24.3 Å². The number of nitrogens with one attached hydrogen (secondary N) is 3. The lowest BCUT2D eigenvalue weighted by Gasteiger charge is -2.26. The van der Waals surface area contributed by atoms with E-state index in [4.69, 9.17) is 4.74 Å². The number of fused-ring (bicyclic) bond motifs is 1. The molecule has 0 aliphatic carbocycles. The van der Waals surface area contributed by atoms with E-state index in [9.17, 15) is 13.2 Å². The van der Waals surface area contributed by atoms with Crippen LogP contribution in [-0.4, -0.2) is 40.4 Å². The summed E-state index contributed by atoms with van der Waals surface area (Å²) < 4.78 is 29.7. The summed E-state index contributed by atoms with van der Waals surface area (Å²) in [7, 11) is -3.17.